The third kappa shape index (κ3) is 3.52. The van der Waals surface area contributed by atoms with E-state index in [0.717, 1.165) is 56.4 Å². The van der Waals surface area contributed by atoms with E-state index in [1.807, 2.05) is 12.1 Å². The molecule has 148 valence electrons. The topological polar surface area (TPSA) is 61.4 Å². The summed E-state index contributed by atoms with van der Waals surface area (Å²) in [6.45, 7) is 4.76. The highest BCUT2D eigenvalue weighted by Crippen LogP contribution is 2.50. The van der Waals surface area contributed by atoms with Crippen LogP contribution in [0.15, 0.2) is 42.1 Å². The molecule has 1 saturated heterocycles. The number of hydrogen-bond donors (Lipinski definition) is 1. The van der Waals surface area contributed by atoms with E-state index in [0.29, 0.717) is 18.5 Å². The van der Waals surface area contributed by atoms with E-state index in [9.17, 15) is 4.79 Å². The van der Waals surface area contributed by atoms with Crippen molar-refractivity contribution in [1.82, 2.24) is 20.4 Å². The molecule has 1 aromatic heterocycles. The molecule has 2 saturated carbocycles. The van der Waals surface area contributed by atoms with Gasteiger partial charge in [-0.2, -0.15) is 5.10 Å². The third-order valence-corrected chi connectivity index (χ3v) is 6.75. The number of carbonyl (C=O) groups is 1. The maximum absolute atomic E-state index is 13.1. The van der Waals surface area contributed by atoms with Crippen LogP contribution < -0.4 is 10.2 Å². The molecule has 1 aromatic rings. The van der Waals surface area contributed by atoms with Crippen molar-refractivity contribution in [2.45, 2.75) is 44.7 Å². The molecule has 2 heterocycles. The van der Waals surface area contributed by atoms with Crippen molar-refractivity contribution < 1.29 is 4.79 Å². The van der Waals surface area contributed by atoms with Crippen molar-refractivity contribution in [2.75, 3.05) is 24.5 Å². The van der Waals surface area contributed by atoms with E-state index < -0.39 is 0 Å². The Balaban J connectivity index is 1.22. The van der Waals surface area contributed by atoms with Crippen molar-refractivity contribution in [3.05, 3.63) is 42.1 Å². The van der Waals surface area contributed by atoms with Gasteiger partial charge in [-0.05, 0) is 61.1 Å². The number of nitrogens with one attached hydrogen (secondary N) is 1. The predicted molar refractivity (Wildman–Crippen MR) is 109 cm³/mol. The van der Waals surface area contributed by atoms with Gasteiger partial charge in [0, 0.05) is 31.9 Å². The second kappa shape index (κ2) is 7.22. The van der Waals surface area contributed by atoms with E-state index in [1.165, 1.54) is 5.57 Å². The molecule has 3 unspecified atom stereocenters. The summed E-state index contributed by atoms with van der Waals surface area (Å²) >= 11 is 0. The van der Waals surface area contributed by atoms with Gasteiger partial charge in [0.1, 0.15) is 0 Å². The molecule has 4 aliphatic rings. The highest BCUT2D eigenvalue weighted by atomic mass is 16.2. The van der Waals surface area contributed by atoms with Gasteiger partial charge >= 0.3 is 6.03 Å². The molecule has 3 aliphatic carbocycles. The van der Waals surface area contributed by atoms with Crippen LogP contribution in [0.2, 0.25) is 0 Å². The monoisotopic (exact) mass is 379 g/mol. The van der Waals surface area contributed by atoms with Crippen LogP contribution >= 0.6 is 0 Å². The largest absolute Gasteiger partial charge is 0.353 e. The van der Waals surface area contributed by atoms with E-state index in [4.69, 9.17) is 0 Å². The van der Waals surface area contributed by atoms with Gasteiger partial charge < -0.3 is 15.1 Å². The Hall–Kier alpha value is -2.37. The van der Waals surface area contributed by atoms with Crippen LogP contribution in [0.3, 0.4) is 0 Å². The molecule has 2 amide bonds. The minimum absolute atomic E-state index is 0.0914. The van der Waals surface area contributed by atoms with Crippen LogP contribution in [-0.4, -0.2) is 52.8 Å². The van der Waals surface area contributed by atoms with E-state index in [1.54, 1.807) is 6.20 Å². The second-order valence-electron chi connectivity index (χ2n) is 8.74. The van der Waals surface area contributed by atoms with Gasteiger partial charge in [0.15, 0.2) is 5.82 Å². The van der Waals surface area contributed by atoms with Gasteiger partial charge in [0.05, 0.1) is 6.04 Å². The molecular weight excluding hydrogens is 350 g/mol. The van der Waals surface area contributed by atoms with Gasteiger partial charge in [-0.1, -0.05) is 25.2 Å². The number of urea groups is 1. The molecule has 1 aliphatic heterocycles. The molecule has 0 spiro atoms. The highest BCUT2D eigenvalue weighted by Gasteiger charge is 2.44. The Morgan fingerprint density at radius 2 is 2.18 bits per heavy atom. The Labute approximate surface area is 166 Å². The number of aromatic nitrogens is 2. The fraction of sp³-hybridized carbons (Fsp3) is 0.591. The van der Waals surface area contributed by atoms with Crippen LogP contribution in [0.4, 0.5) is 10.6 Å². The van der Waals surface area contributed by atoms with Crippen molar-refractivity contribution >= 4 is 11.8 Å². The van der Waals surface area contributed by atoms with Gasteiger partial charge in [-0.15, -0.1) is 5.10 Å². The Morgan fingerprint density at radius 1 is 1.29 bits per heavy atom. The zero-order chi connectivity index (χ0) is 19.1. The highest BCUT2D eigenvalue weighted by molar-refractivity contribution is 5.76. The smallest absolute Gasteiger partial charge is 0.318 e. The minimum Gasteiger partial charge on any atom is -0.353 e. The molecule has 4 atom stereocenters. The van der Waals surface area contributed by atoms with E-state index in [-0.39, 0.29) is 12.1 Å². The fourth-order valence-electron chi connectivity index (χ4n) is 4.85. The third-order valence-electron chi connectivity index (χ3n) is 6.75. The second-order valence-corrected chi connectivity index (χ2v) is 8.74. The maximum Gasteiger partial charge on any atom is 0.318 e. The van der Waals surface area contributed by atoms with Crippen LogP contribution in [-0.2, 0) is 0 Å². The molecular formula is C22H29N5O. The Morgan fingerprint density at radius 3 is 2.93 bits per heavy atom. The zero-order valence-corrected chi connectivity index (χ0v) is 16.5. The predicted octanol–water partition coefficient (Wildman–Crippen LogP) is 3.00. The van der Waals surface area contributed by atoms with Crippen molar-refractivity contribution in [1.29, 1.82) is 0 Å². The van der Waals surface area contributed by atoms with Crippen molar-refractivity contribution in [2.24, 2.45) is 17.8 Å². The van der Waals surface area contributed by atoms with Gasteiger partial charge in [-0.3, -0.25) is 0 Å². The van der Waals surface area contributed by atoms with Crippen LogP contribution in [0.25, 0.3) is 0 Å². The van der Waals surface area contributed by atoms with Crippen LogP contribution in [0, 0.1) is 17.8 Å². The van der Waals surface area contributed by atoms with E-state index >= 15 is 0 Å². The summed E-state index contributed by atoms with van der Waals surface area (Å²) in [4.78, 5) is 17.5. The summed E-state index contributed by atoms with van der Waals surface area (Å²) in [6, 6.07) is 4.66. The van der Waals surface area contributed by atoms with E-state index in [2.05, 4.69) is 50.5 Å². The number of carbonyl (C=O) groups excluding carboxylic acids is 1. The molecule has 0 aromatic carbocycles. The Bertz CT molecular complexity index is 787. The lowest BCUT2D eigenvalue weighted by molar-refractivity contribution is 0.161. The minimum atomic E-state index is 0.0914. The zero-order valence-electron chi connectivity index (χ0n) is 16.5. The number of fused-ring (bicyclic) bond motifs is 1. The lowest BCUT2D eigenvalue weighted by Crippen LogP contribution is -2.54. The summed E-state index contributed by atoms with van der Waals surface area (Å²) < 4.78 is 0. The molecule has 1 N–H and O–H groups in total. The van der Waals surface area contributed by atoms with Crippen molar-refractivity contribution in [3.8, 4) is 0 Å². The van der Waals surface area contributed by atoms with Gasteiger partial charge in [-0.25, -0.2) is 4.79 Å². The number of anilines is 1. The van der Waals surface area contributed by atoms with Crippen LogP contribution in [0.5, 0.6) is 0 Å². The molecule has 5 rings (SSSR count). The summed E-state index contributed by atoms with van der Waals surface area (Å²) in [5, 5.41) is 11.5. The number of hydrogen-bond acceptors (Lipinski definition) is 4. The molecule has 6 nitrogen and oxygen atoms in total. The molecule has 0 bridgehead atoms. The summed E-state index contributed by atoms with van der Waals surface area (Å²) in [7, 11) is 0. The quantitative estimate of drug-likeness (QED) is 0.854. The normalized spacial score (nSPS) is 31.0. The lowest BCUT2D eigenvalue weighted by Gasteiger charge is -2.40. The maximum atomic E-state index is 13.1. The standard InChI is InChI=1S/C22H29N5O/c1-15-19-9-6-16(12-20(15)19)13-23-22(28)27(17-7-8-17)18-4-3-11-26(14-18)21-5-2-10-24-25-21/h2,5-6,9-10,12,15,17-20H,3-4,7-8,11,13-14H2,1H3,(H,23,28)/t15?,18-,19?,20?/m1/s1. The van der Waals surface area contributed by atoms with Gasteiger partial charge in [0.2, 0.25) is 0 Å². The molecule has 6 heteroatoms. The van der Waals surface area contributed by atoms with Gasteiger partial charge in [0.25, 0.3) is 0 Å². The number of allylic oxidation sites excluding steroid dienone is 2. The number of rotatable bonds is 5. The molecule has 28 heavy (non-hydrogen) atoms. The first-order valence-corrected chi connectivity index (χ1v) is 10.7. The first-order chi connectivity index (χ1) is 13.7. The number of amides is 2. The average molecular weight is 380 g/mol. The van der Waals surface area contributed by atoms with Crippen molar-refractivity contribution in [3.63, 3.8) is 0 Å². The first-order valence-electron chi connectivity index (χ1n) is 10.7. The number of piperidine rings is 1. The SMILES string of the molecule is CC1C2C=CC(CNC(=O)N(C3CC3)[C@@H]3CCCN(c4cccnn4)C3)=CC12. The lowest BCUT2D eigenvalue weighted by atomic mass is 10.0. The first kappa shape index (κ1) is 17.7. The Kier molecular flexibility index (Phi) is 4.57. The van der Waals surface area contributed by atoms with Crippen LogP contribution in [0.1, 0.15) is 32.6 Å². The molecule has 0 radical (unpaired) electrons. The fourth-order valence-corrected chi connectivity index (χ4v) is 4.85. The average Bonchev–Trinajstić information content (AvgIpc) is 3.67. The summed E-state index contributed by atoms with van der Waals surface area (Å²) in [5.41, 5.74) is 1.25. The summed E-state index contributed by atoms with van der Waals surface area (Å²) in [6.07, 6.45) is 13.0. The molecule has 3 fully saturated rings. The summed E-state index contributed by atoms with van der Waals surface area (Å²) in [5.74, 6) is 3.10. The number of nitrogens with zero attached hydrogens (tertiary/aromatic N) is 4.